The first-order chi connectivity index (χ1) is 8.56. The minimum atomic E-state index is -0.480. The van der Waals surface area contributed by atoms with Gasteiger partial charge in [0.1, 0.15) is 11.4 Å². The number of halogens is 2. The molecule has 0 aliphatic heterocycles. The SMILES string of the molecule is O=[N+]([O-])c1cc(Cl)ccc1NCc1ccc(Br)o1. The fraction of sp³-hybridized carbons (Fsp3) is 0.0909. The molecule has 1 N–H and O–H groups in total. The van der Waals surface area contributed by atoms with E-state index >= 15 is 0 Å². The van der Waals surface area contributed by atoms with Crippen LogP contribution in [0.1, 0.15) is 5.76 Å². The van der Waals surface area contributed by atoms with Crippen LogP contribution in [0.4, 0.5) is 11.4 Å². The van der Waals surface area contributed by atoms with Crippen molar-refractivity contribution in [3.63, 3.8) is 0 Å². The molecule has 0 bridgehead atoms. The van der Waals surface area contributed by atoms with Crippen molar-refractivity contribution in [3.8, 4) is 0 Å². The van der Waals surface area contributed by atoms with Gasteiger partial charge in [-0.15, -0.1) is 0 Å². The molecule has 0 amide bonds. The summed E-state index contributed by atoms with van der Waals surface area (Å²) in [6.45, 7) is 0.355. The number of nitro groups is 1. The van der Waals surface area contributed by atoms with Gasteiger partial charge in [-0.1, -0.05) is 11.6 Å². The van der Waals surface area contributed by atoms with E-state index in [1.807, 2.05) is 0 Å². The molecule has 0 aliphatic rings. The van der Waals surface area contributed by atoms with Gasteiger partial charge in [-0.05, 0) is 40.2 Å². The van der Waals surface area contributed by atoms with Crippen LogP contribution in [0.5, 0.6) is 0 Å². The summed E-state index contributed by atoms with van der Waals surface area (Å²) in [4.78, 5) is 10.4. The zero-order chi connectivity index (χ0) is 13.1. The molecule has 0 fully saturated rings. The summed E-state index contributed by atoms with van der Waals surface area (Å²) >= 11 is 8.91. The van der Waals surface area contributed by atoms with Crippen LogP contribution >= 0.6 is 27.5 Å². The van der Waals surface area contributed by atoms with E-state index in [0.717, 1.165) is 0 Å². The summed E-state index contributed by atoms with van der Waals surface area (Å²) in [5, 5.41) is 14.1. The van der Waals surface area contributed by atoms with Crippen LogP contribution in [0, 0.1) is 10.1 Å². The Bertz CT molecular complexity index is 585. The van der Waals surface area contributed by atoms with E-state index in [-0.39, 0.29) is 5.69 Å². The monoisotopic (exact) mass is 330 g/mol. The van der Waals surface area contributed by atoms with E-state index in [2.05, 4.69) is 21.2 Å². The molecule has 0 atom stereocenters. The van der Waals surface area contributed by atoms with Crippen LogP contribution in [-0.4, -0.2) is 4.92 Å². The zero-order valence-electron chi connectivity index (χ0n) is 9.02. The molecule has 1 heterocycles. The highest BCUT2D eigenvalue weighted by Gasteiger charge is 2.14. The Morgan fingerprint density at radius 2 is 2.17 bits per heavy atom. The zero-order valence-corrected chi connectivity index (χ0v) is 11.4. The molecule has 0 unspecified atom stereocenters. The Morgan fingerprint density at radius 1 is 1.39 bits per heavy atom. The van der Waals surface area contributed by atoms with Gasteiger partial charge >= 0.3 is 0 Å². The number of benzene rings is 1. The Labute approximate surface area is 116 Å². The van der Waals surface area contributed by atoms with Crippen LogP contribution in [0.3, 0.4) is 0 Å². The number of rotatable bonds is 4. The quantitative estimate of drug-likeness (QED) is 0.673. The fourth-order valence-corrected chi connectivity index (χ4v) is 1.94. The lowest BCUT2D eigenvalue weighted by atomic mass is 10.2. The van der Waals surface area contributed by atoms with E-state index in [9.17, 15) is 10.1 Å². The van der Waals surface area contributed by atoms with Crippen LogP contribution in [0.25, 0.3) is 0 Å². The number of hydrogen-bond acceptors (Lipinski definition) is 4. The summed E-state index contributed by atoms with van der Waals surface area (Å²) in [5.74, 6) is 0.672. The van der Waals surface area contributed by atoms with Gasteiger partial charge in [0.2, 0.25) is 0 Å². The highest BCUT2D eigenvalue weighted by atomic mass is 79.9. The molecule has 0 radical (unpaired) electrons. The lowest BCUT2D eigenvalue weighted by Gasteiger charge is -2.05. The van der Waals surface area contributed by atoms with Crippen molar-refractivity contribution >= 4 is 38.9 Å². The average molecular weight is 332 g/mol. The first kappa shape index (κ1) is 12.9. The van der Waals surface area contributed by atoms with Gasteiger partial charge in [-0.25, -0.2) is 0 Å². The predicted octanol–water partition coefficient (Wildman–Crippen LogP) is 4.22. The van der Waals surface area contributed by atoms with Gasteiger partial charge in [0.05, 0.1) is 11.5 Å². The van der Waals surface area contributed by atoms with E-state index in [1.54, 1.807) is 24.3 Å². The summed E-state index contributed by atoms with van der Waals surface area (Å²) in [6, 6.07) is 8.00. The van der Waals surface area contributed by atoms with Crippen molar-refractivity contribution in [2.75, 3.05) is 5.32 Å². The largest absolute Gasteiger partial charge is 0.452 e. The standard InChI is InChI=1S/C11H8BrClN2O3/c12-11-4-2-8(18-11)6-14-9-3-1-7(13)5-10(9)15(16)17/h1-5,14H,6H2. The first-order valence-electron chi connectivity index (χ1n) is 4.98. The summed E-state index contributed by atoms with van der Waals surface area (Å²) in [5.41, 5.74) is 0.338. The van der Waals surface area contributed by atoms with Gasteiger partial charge in [0.15, 0.2) is 4.67 Å². The molecule has 2 aromatic rings. The minimum absolute atomic E-state index is 0.0619. The van der Waals surface area contributed by atoms with Crippen LogP contribution in [0.15, 0.2) is 39.4 Å². The third-order valence-electron chi connectivity index (χ3n) is 2.24. The van der Waals surface area contributed by atoms with Gasteiger partial charge in [-0.2, -0.15) is 0 Å². The molecular weight excluding hydrogens is 323 g/mol. The Hall–Kier alpha value is -1.53. The van der Waals surface area contributed by atoms with E-state index in [4.69, 9.17) is 16.0 Å². The molecule has 0 saturated heterocycles. The molecule has 2 rings (SSSR count). The molecule has 1 aromatic carbocycles. The molecule has 1 aromatic heterocycles. The average Bonchev–Trinajstić information content (AvgIpc) is 2.73. The second kappa shape index (κ2) is 5.41. The highest BCUT2D eigenvalue weighted by Crippen LogP contribution is 2.28. The summed E-state index contributed by atoms with van der Waals surface area (Å²) in [6.07, 6.45) is 0. The third-order valence-corrected chi connectivity index (χ3v) is 2.90. The molecular formula is C11H8BrClN2O3. The van der Waals surface area contributed by atoms with E-state index in [1.165, 1.54) is 6.07 Å². The molecule has 0 saturated carbocycles. The van der Waals surface area contributed by atoms with Crippen molar-refractivity contribution in [1.29, 1.82) is 0 Å². The number of nitro benzene ring substituents is 1. The number of nitrogens with zero attached hydrogens (tertiary/aromatic N) is 1. The topological polar surface area (TPSA) is 68.3 Å². The molecule has 18 heavy (non-hydrogen) atoms. The van der Waals surface area contributed by atoms with Crippen molar-refractivity contribution in [3.05, 3.63) is 55.9 Å². The van der Waals surface area contributed by atoms with E-state index in [0.29, 0.717) is 27.7 Å². The number of hydrogen-bond donors (Lipinski definition) is 1. The molecule has 0 spiro atoms. The molecule has 94 valence electrons. The number of anilines is 1. The fourth-order valence-electron chi connectivity index (χ4n) is 1.43. The second-order valence-electron chi connectivity index (χ2n) is 3.48. The number of nitrogens with one attached hydrogen (secondary N) is 1. The summed E-state index contributed by atoms with van der Waals surface area (Å²) in [7, 11) is 0. The maximum atomic E-state index is 10.9. The predicted molar refractivity (Wildman–Crippen MR) is 71.8 cm³/mol. The molecule has 5 nitrogen and oxygen atoms in total. The number of furan rings is 1. The Kier molecular flexibility index (Phi) is 3.88. The van der Waals surface area contributed by atoms with Crippen LogP contribution < -0.4 is 5.32 Å². The van der Waals surface area contributed by atoms with Gasteiger partial charge < -0.3 is 9.73 Å². The Balaban J connectivity index is 2.16. The summed E-state index contributed by atoms with van der Waals surface area (Å²) < 4.78 is 5.90. The molecule has 7 heteroatoms. The highest BCUT2D eigenvalue weighted by molar-refractivity contribution is 9.10. The van der Waals surface area contributed by atoms with E-state index < -0.39 is 4.92 Å². The van der Waals surface area contributed by atoms with Crippen molar-refractivity contribution in [1.82, 2.24) is 0 Å². The van der Waals surface area contributed by atoms with Crippen molar-refractivity contribution in [2.24, 2.45) is 0 Å². The molecule has 0 aliphatic carbocycles. The minimum Gasteiger partial charge on any atom is -0.452 e. The van der Waals surface area contributed by atoms with Gasteiger partial charge in [-0.3, -0.25) is 10.1 Å². The maximum absolute atomic E-state index is 10.9. The third kappa shape index (κ3) is 3.02. The smallest absolute Gasteiger partial charge is 0.293 e. The Morgan fingerprint density at radius 3 is 2.78 bits per heavy atom. The van der Waals surface area contributed by atoms with Crippen LogP contribution in [-0.2, 0) is 6.54 Å². The van der Waals surface area contributed by atoms with Crippen molar-refractivity contribution in [2.45, 2.75) is 6.54 Å². The lowest BCUT2D eigenvalue weighted by Crippen LogP contribution is -2.01. The lowest BCUT2D eigenvalue weighted by molar-refractivity contribution is -0.383. The van der Waals surface area contributed by atoms with Gasteiger partial charge in [0, 0.05) is 11.1 Å². The van der Waals surface area contributed by atoms with Crippen LogP contribution in [0.2, 0.25) is 5.02 Å². The maximum Gasteiger partial charge on any atom is 0.293 e. The first-order valence-corrected chi connectivity index (χ1v) is 6.15. The normalized spacial score (nSPS) is 10.3. The second-order valence-corrected chi connectivity index (χ2v) is 4.70. The van der Waals surface area contributed by atoms with Crippen molar-refractivity contribution < 1.29 is 9.34 Å². The van der Waals surface area contributed by atoms with Gasteiger partial charge in [0.25, 0.3) is 5.69 Å².